The lowest BCUT2D eigenvalue weighted by Gasteiger charge is -2.33. The molecule has 1 aromatic rings. The Morgan fingerprint density at radius 3 is 2.35 bits per heavy atom. The zero-order chi connectivity index (χ0) is 15.2. The lowest BCUT2D eigenvalue weighted by atomic mass is 9.89. The van der Waals surface area contributed by atoms with Crippen molar-refractivity contribution >= 4 is 18.3 Å². The standard InChI is InChI=1S/C18H27N3O.ClH/c22-18(21-14-9-19-10-15-21)8-13-20-11-6-17(7-12-20)16-4-2-1-3-5-16;/h1-5,17,19H,6-15H2;1H. The normalized spacial score (nSPS) is 20.1. The second kappa shape index (κ2) is 9.26. The Kier molecular flexibility index (Phi) is 7.34. The van der Waals surface area contributed by atoms with E-state index in [1.165, 1.54) is 18.4 Å². The van der Waals surface area contributed by atoms with Crippen LogP contribution >= 0.6 is 12.4 Å². The van der Waals surface area contributed by atoms with E-state index in [-0.39, 0.29) is 12.4 Å². The first kappa shape index (κ1) is 18.2. The number of piperidine rings is 1. The van der Waals surface area contributed by atoms with Crippen LogP contribution in [0.1, 0.15) is 30.7 Å². The summed E-state index contributed by atoms with van der Waals surface area (Å²) in [4.78, 5) is 16.7. The maximum atomic E-state index is 12.2. The maximum absolute atomic E-state index is 12.2. The van der Waals surface area contributed by atoms with Crippen LogP contribution in [0, 0.1) is 0 Å². The molecule has 0 aromatic heterocycles. The number of hydrogen-bond acceptors (Lipinski definition) is 3. The van der Waals surface area contributed by atoms with Crippen LogP contribution in [-0.4, -0.2) is 61.5 Å². The summed E-state index contributed by atoms with van der Waals surface area (Å²) in [5.41, 5.74) is 1.47. The summed E-state index contributed by atoms with van der Waals surface area (Å²) in [6.07, 6.45) is 3.10. The second-order valence-electron chi connectivity index (χ2n) is 6.41. The molecule has 0 spiro atoms. The van der Waals surface area contributed by atoms with E-state index >= 15 is 0 Å². The predicted octanol–water partition coefficient (Wildman–Crippen LogP) is 2.11. The van der Waals surface area contributed by atoms with E-state index in [0.717, 1.165) is 45.8 Å². The van der Waals surface area contributed by atoms with Gasteiger partial charge in [0.1, 0.15) is 0 Å². The molecule has 0 bridgehead atoms. The molecule has 2 fully saturated rings. The van der Waals surface area contributed by atoms with Crippen LogP contribution in [0.3, 0.4) is 0 Å². The van der Waals surface area contributed by atoms with Crippen LogP contribution in [0.25, 0.3) is 0 Å². The molecule has 2 aliphatic heterocycles. The van der Waals surface area contributed by atoms with Gasteiger partial charge >= 0.3 is 0 Å². The monoisotopic (exact) mass is 337 g/mol. The number of rotatable bonds is 4. The van der Waals surface area contributed by atoms with Crippen molar-refractivity contribution in [1.29, 1.82) is 0 Å². The Morgan fingerprint density at radius 2 is 1.70 bits per heavy atom. The zero-order valence-corrected chi connectivity index (χ0v) is 14.6. The van der Waals surface area contributed by atoms with E-state index in [1.54, 1.807) is 0 Å². The number of amides is 1. The number of nitrogens with zero attached hydrogens (tertiary/aromatic N) is 2. The minimum absolute atomic E-state index is 0. The molecule has 0 unspecified atom stereocenters. The number of nitrogens with one attached hydrogen (secondary N) is 1. The minimum Gasteiger partial charge on any atom is -0.340 e. The highest BCUT2D eigenvalue weighted by atomic mass is 35.5. The van der Waals surface area contributed by atoms with Gasteiger partial charge in [0.15, 0.2) is 0 Å². The molecule has 128 valence electrons. The van der Waals surface area contributed by atoms with E-state index in [4.69, 9.17) is 0 Å². The zero-order valence-electron chi connectivity index (χ0n) is 13.7. The van der Waals surface area contributed by atoms with Crippen molar-refractivity contribution in [3.05, 3.63) is 35.9 Å². The largest absolute Gasteiger partial charge is 0.340 e. The van der Waals surface area contributed by atoms with Crippen LogP contribution in [-0.2, 0) is 4.79 Å². The van der Waals surface area contributed by atoms with Gasteiger partial charge < -0.3 is 15.1 Å². The number of hydrogen-bond donors (Lipinski definition) is 1. The fourth-order valence-electron chi connectivity index (χ4n) is 3.54. The summed E-state index contributed by atoms with van der Waals surface area (Å²) in [6.45, 7) is 6.78. The van der Waals surface area contributed by atoms with Crippen LogP contribution in [0.2, 0.25) is 0 Å². The van der Waals surface area contributed by atoms with Crippen molar-refractivity contribution in [2.75, 3.05) is 45.8 Å². The van der Waals surface area contributed by atoms with E-state index in [2.05, 4.69) is 40.5 Å². The molecule has 0 saturated carbocycles. The van der Waals surface area contributed by atoms with Crippen molar-refractivity contribution < 1.29 is 4.79 Å². The maximum Gasteiger partial charge on any atom is 0.223 e. The Hall–Kier alpha value is -1.10. The predicted molar refractivity (Wildman–Crippen MR) is 96.2 cm³/mol. The third-order valence-electron chi connectivity index (χ3n) is 4.97. The van der Waals surface area contributed by atoms with Gasteiger partial charge in [0.05, 0.1) is 0 Å². The molecule has 0 aliphatic carbocycles. The molecule has 1 N–H and O–H groups in total. The topological polar surface area (TPSA) is 35.6 Å². The quantitative estimate of drug-likeness (QED) is 0.914. The number of benzene rings is 1. The van der Waals surface area contributed by atoms with E-state index < -0.39 is 0 Å². The molecule has 1 aromatic carbocycles. The van der Waals surface area contributed by atoms with E-state index in [9.17, 15) is 4.79 Å². The fraction of sp³-hybridized carbons (Fsp3) is 0.611. The molecule has 2 heterocycles. The summed E-state index contributed by atoms with van der Waals surface area (Å²) in [5.74, 6) is 1.02. The Balaban J connectivity index is 0.00000192. The van der Waals surface area contributed by atoms with Gasteiger partial charge in [-0.25, -0.2) is 0 Å². The molecule has 23 heavy (non-hydrogen) atoms. The average Bonchev–Trinajstić information content (AvgIpc) is 2.61. The Labute approximate surface area is 145 Å². The van der Waals surface area contributed by atoms with E-state index in [1.807, 2.05) is 4.90 Å². The molecule has 1 amide bonds. The molecule has 2 aliphatic rings. The highest BCUT2D eigenvalue weighted by molar-refractivity contribution is 5.85. The molecular formula is C18H28ClN3O. The van der Waals surface area contributed by atoms with Crippen molar-refractivity contribution in [3.8, 4) is 0 Å². The average molecular weight is 338 g/mol. The lowest BCUT2D eigenvalue weighted by Crippen LogP contribution is -2.47. The number of carbonyl (C=O) groups excluding carboxylic acids is 1. The van der Waals surface area contributed by atoms with Crippen LogP contribution in [0.4, 0.5) is 0 Å². The highest BCUT2D eigenvalue weighted by Gasteiger charge is 2.22. The van der Waals surface area contributed by atoms with Gasteiger partial charge in [0, 0.05) is 39.1 Å². The Morgan fingerprint density at radius 1 is 1.04 bits per heavy atom. The van der Waals surface area contributed by atoms with Crippen molar-refractivity contribution in [2.24, 2.45) is 0 Å². The van der Waals surface area contributed by atoms with Gasteiger partial charge in [-0.2, -0.15) is 0 Å². The molecule has 0 radical (unpaired) electrons. The molecule has 0 atom stereocenters. The number of likely N-dealkylation sites (tertiary alicyclic amines) is 1. The van der Waals surface area contributed by atoms with Crippen molar-refractivity contribution in [2.45, 2.75) is 25.2 Å². The fourth-order valence-corrected chi connectivity index (χ4v) is 3.54. The van der Waals surface area contributed by atoms with Gasteiger partial charge in [0.25, 0.3) is 0 Å². The van der Waals surface area contributed by atoms with Gasteiger partial charge in [-0.05, 0) is 37.4 Å². The molecule has 2 saturated heterocycles. The van der Waals surface area contributed by atoms with Crippen molar-refractivity contribution in [3.63, 3.8) is 0 Å². The molecule has 4 nitrogen and oxygen atoms in total. The lowest BCUT2D eigenvalue weighted by molar-refractivity contribution is -0.132. The summed E-state index contributed by atoms with van der Waals surface area (Å²) in [5, 5.41) is 3.29. The number of halogens is 1. The Bertz CT molecular complexity index is 468. The third-order valence-corrected chi connectivity index (χ3v) is 4.97. The molecular weight excluding hydrogens is 310 g/mol. The van der Waals surface area contributed by atoms with Gasteiger partial charge in [-0.3, -0.25) is 4.79 Å². The van der Waals surface area contributed by atoms with Crippen LogP contribution in [0.15, 0.2) is 30.3 Å². The first-order chi connectivity index (χ1) is 10.8. The summed E-state index contributed by atoms with van der Waals surface area (Å²) in [7, 11) is 0. The van der Waals surface area contributed by atoms with Crippen molar-refractivity contribution in [1.82, 2.24) is 15.1 Å². The highest BCUT2D eigenvalue weighted by Crippen LogP contribution is 2.27. The molecule has 3 rings (SSSR count). The van der Waals surface area contributed by atoms with E-state index in [0.29, 0.717) is 18.2 Å². The SMILES string of the molecule is Cl.O=C(CCN1CCC(c2ccccc2)CC1)N1CCNCC1. The summed E-state index contributed by atoms with van der Waals surface area (Å²) < 4.78 is 0. The summed E-state index contributed by atoms with van der Waals surface area (Å²) >= 11 is 0. The minimum atomic E-state index is 0. The van der Waals surface area contributed by atoms with Gasteiger partial charge in [-0.1, -0.05) is 30.3 Å². The number of carbonyl (C=O) groups is 1. The summed E-state index contributed by atoms with van der Waals surface area (Å²) in [6, 6.07) is 10.8. The van der Waals surface area contributed by atoms with Crippen LogP contribution in [0.5, 0.6) is 0 Å². The first-order valence-corrected chi connectivity index (χ1v) is 8.59. The smallest absolute Gasteiger partial charge is 0.223 e. The second-order valence-corrected chi connectivity index (χ2v) is 6.41. The van der Waals surface area contributed by atoms with Crippen LogP contribution < -0.4 is 5.32 Å². The van der Waals surface area contributed by atoms with Gasteiger partial charge in [0.2, 0.25) is 5.91 Å². The number of piperazine rings is 1. The third kappa shape index (κ3) is 5.20. The molecule has 5 heteroatoms. The first-order valence-electron chi connectivity index (χ1n) is 8.59. The van der Waals surface area contributed by atoms with Gasteiger partial charge in [-0.15, -0.1) is 12.4 Å².